The van der Waals surface area contributed by atoms with E-state index in [2.05, 4.69) is 6.58 Å². The van der Waals surface area contributed by atoms with Crippen LogP contribution in [0.1, 0.15) is 0 Å². The molecule has 0 N–H and O–H groups in total. The number of ether oxygens (including phenoxy) is 2. The molecule has 0 unspecified atom stereocenters. The second kappa shape index (κ2) is 7.49. The van der Waals surface area contributed by atoms with Crippen molar-refractivity contribution in [1.82, 2.24) is 0 Å². The standard InChI is InChI=1S/C20H16O5/c1-2-10-23-19(21)13-24-16-9-8-15-11-17(14-6-4-3-5-7-14)20(22)25-18(15)12-16/h2-9,11-12H,1,10,13H2. The van der Waals surface area contributed by atoms with Crippen LogP contribution in [0.4, 0.5) is 0 Å². The highest BCUT2D eigenvalue weighted by molar-refractivity contribution is 5.82. The van der Waals surface area contributed by atoms with Gasteiger partial charge in [-0.25, -0.2) is 9.59 Å². The molecule has 3 aromatic rings. The maximum Gasteiger partial charge on any atom is 0.344 e. The summed E-state index contributed by atoms with van der Waals surface area (Å²) in [6.07, 6.45) is 1.48. The average molecular weight is 336 g/mol. The number of rotatable bonds is 6. The Morgan fingerprint density at radius 1 is 1.12 bits per heavy atom. The predicted molar refractivity (Wildman–Crippen MR) is 94.6 cm³/mol. The Hall–Kier alpha value is -3.34. The van der Waals surface area contributed by atoms with E-state index in [0.29, 0.717) is 16.9 Å². The largest absolute Gasteiger partial charge is 0.482 e. The molecule has 0 spiro atoms. The van der Waals surface area contributed by atoms with Gasteiger partial charge < -0.3 is 13.9 Å². The van der Waals surface area contributed by atoms with Crippen molar-refractivity contribution in [3.05, 3.63) is 77.7 Å². The molecule has 3 rings (SSSR count). The van der Waals surface area contributed by atoms with Crippen molar-refractivity contribution in [3.63, 3.8) is 0 Å². The van der Waals surface area contributed by atoms with Crippen molar-refractivity contribution in [2.45, 2.75) is 0 Å². The van der Waals surface area contributed by atoms with Crippen molar-refractivity contribution in [2.24, 2.45) is 0 Å². The summed E-state index contributed by atoms with van der Waals surface area (Å²) in [4.78, 5) is 23.7. The average Bonchev–Trinajstić information content (AvgIpc) is 2.64. The van der Waals surface area contributed by atoms with Gasteiger partial charge >= 0.3 is 11.6 Å². The fraction of sp³-hybridized carbons (Fsp3) is 0.100. The van der Waals surface area contributed by atoms with E-state index in [0.717, 1.165) is 10.9 Å². The van der Waals surface area contributed by atoms with Crippen LogP contribution >= 0.6 is 0 Å². The lowest BCUT2D eigenvalue weighted by atomic mass is 10.1. The number of esters is 1. The fourth-order valence-electron chi connectivity index (χ4n) is 2.34. The molecule has 0 aliphatic rings. The molecular weight excluding hydrogens is 320 g/mol. The number of fused-ring (bicyclic) bond motifs is 1. The summed E-state index contributed by atoms with van der Waals surface area (Å²) >= 11 is 0. The van der Waals surface area contributed by atoms with Crippen molar-refractivity contribution < 1.29 is 18.7 Å². The van der Waals surface area contributed by atoms with Crippen LogP contribution < -0.4 is 10.4 Å². The van der Waals surface area contributed by atoms with Gasteiger partial charge in [0.15, 0.2) is 6.61 Å². The topological polar surface area (TPSA) is 65.7 Å². The number of hydrogen-bond donors (Lipinski definition) is 0. The van der Waals surface area contributed by atoms with Gasteiger partial charge in [0, 0.05) is 11.5 Å². The molecule has 0 bridgehead atoms. The molecule has 25 heavy (non-hydrogen) atoms. The van der Waals surface area contributed by atoms with E-state index in [-0.39, 0.29) is 13.2 Å². The van der Waals surface area contributed by atoms with Gasteiger partial charge in [-0.15, -0.1) is 0 Å². The van der Waals surface area contributed by atoms with Crippen molar-refractivity contribution in [2.75, 3.05) is 13.2 Å². The molecule has 2 aromatic carbocycles. The second-order valence-electron chi connectivity index (χ2n) is 5.27. The van der Waals surface area contributed by atoms with E-state index in [1.54, 1.807) is 24.3 Å². The van der Waals surface area contributed by atoms with Gasteiger partial charge in [0.2, 0.25) is 0 Å². The zero-order valence-corrected chi connectivity index (χ0v) is 13.4. The number of carbonyl (C=O) groups is 1. The van der Waals surface area contributed by atoms with Crippen LogP contribution in [0.3, 0.4) is 0 Å². The summed E-state index contributed by atoms with van der Waals surface area (Å²) in [7, 11) is 0. The van der Waals surface area contributed by atoms with E-state index >= 15 is 0 Å². The Kier molecular flexibility index (Phi) is 4.95. The Balaban J connectivity index is 1.83. The minimum atomic E-state index is -0.499. The van der Waals surface area contributed by atoms with Crippen LogP contribution in [0.5, 0.6) is 5.75 Å². The van der Waals surface area contributed by atoms with Gasteiger partial charge in [-0.3, -0.25) is 0 Å². The minimum Gasteiger partial charge on any atom is -0.482 e. The predicted octanol–water partition coefficient (Wildman–Crippen LogP) is 3.57. The van der Waals surface area contributed by atoms with E-state index in [1.807, 2.05) is 30.3 Å². The van der Waals surface area contributed by atoms with Crippen LogP contribution in [-0.2, 0) is 9.53 Å². The summed E-state index contributed by atoms with van der Waals surface area (Å²) in [6, 6.07) is 16.1. The van der Waals surface area contributed by atoms with Gasteiger partial charge in [-0.05, 0) is 23.8 Å². The van der Waals surface area contributed by atoms with E-state index in [9.17, 15) is 9.59 Å². The Bertz CT molecular complexity index is 957. The number of benzene rings is 2. The normalized spacial score (nSPS) is 10.4. The van der Waals surface area contributed by atoms with E-state index in [1.165, 1.54) is 6.08 Å². The molecule has 1 aromatic heterocycles. The summed E-state index contributed by atoms with van der Waals surface area (Å²) in [6.45, 7) is 3.37. The Morgan fingerprint density at radius 2 is 1.92 bits per heavy atom. The van der Waals surface area contributed by atoms with Crippen molar-refractivity contribution in [1.29, 1.82) is 0 Å². The SMILES string of the molecule is C=CCOC(=O)COc1ccc2cc(-c3ccccc3)c(=O)oc2c1. The quantitative estimate of drug-likeness (QED) is 0.391. The lowest BCUT2D eigenvalue weighted by Gasteiger charge is -2.07. The first-order valence-electron chi connectivity index (χ1n) is 7.70. The van der Waals surface area contributed by atoms with Crippen molar-refractivity contribution >= 4 is 16.9 Å². The second-order valence-corrected chi connectivity index (χ2v) is 5.27. The molecule has 0 aliphatic carbocycles. The maximum atomic E-state index is 12.2. The van der Waals surface area contributed by atoms with Gasteiger partial charge in [0.05, 0.1) is 5.56 Å². The molecule has 5 heteroatoms. The molecule has 1 heterocycles. The lowest BCUT2D eigenvalue weighted by molar-refractivity contribution is -0.144. The summed E-state index contributed by atoms with van der Waals surface area (Å²) in [5.74, 6) is -0.0838. The summed E-state index contributed by atoms with van der Waals surface area (Å²) in [5, 5.41) is 0.764. The first kappa shape index (κ1) is 16.5. The Morgan fingerprint density at radius 3 is 2.68 bits per heavy atom. The first-order chi connectivity index (χ1) is 12.2. The van der Waals surface area contributed by atoms with Crippen LogP contribution in [0, 0.1) is 0 Å². The molecule has 5 nitrogen and oxygen atoms in total. The zero-order chi connectivity index (χ0) is 17.6. The Labute approximate surface area is 144 Å². The monoisotopic (exact) mass is 336 g/mol. The third-order valence-corrected chi connectivity index (χ3v) is 3.51. The molecule has 126 valence electrons. The summed E-state index contributed by atoms with van der Waals surface area (Å²) < 4.78 is 15.6. The highest BCUT2D eigenvalue weighted by Crippen LogP contribution is 2.24. The van der Waals surface area contributed by atoms with Crippen LogP contribution in [-0.4, -0.2) is 19.2 Å². The van der Waals surface area contributed by atoms with Gasteiger partial charge in [0.1, 0.15) is 17.9 Å². The van der Waals surface area contributed by atoms with Crippen LogP contribution in [0.25, 0.3) is 22.1 Å². The van der Waals surface area contributed by atoms with Crippen LogP contribution in [0.15, 0.2) is 76.5 Å². The van der Waals surface area contributed by atoms with Crippen LogP contribution in [0.2, 0.25) is 0 Å². The van der Waals surface area contributed by atoms with Gasteiger partial charge in [-0.1, -0.05) is 43.0 Å². The zero-order valence-electron chi connectivity index (χ0n) is 13.4. The smallest absolute Gasteiger partial charge is 0.344 e. The third kappa shape index (κ3) is 3.95. The molecule has 0 saturated carbocycles. The highest BCUT2D eigenvalue weighted by Gasteiger charge is 2.09. The highest BCUT2D eigenvalue weighted by atomic mass is 16.6. The lowest BCUT2D eigenvalue weighted by Crippen LogP contribution is -2.14. The third-order valence-electron chi connectivity index (χ3n) is 3.51. The number of hydrogen-bond acceptors (Lipinski definition) is 5. The molecule has 0 fully saturated rings. The molecule has 0 atom stereocenters. The van der Waals surface area contributed by atoms with E-state index in [4.69, 9.17) is 13.9 Å². The number of carbonyl (C=O) groups excluding carboxylic acids is 1. The first-order valence-corrected chi connectivity index (χ1v) is 7.70. The molecule has 0 amide bonds. The summed E-state index contributed by atoms with van der Waals surface area (Å²) in [5.41, 5.74) is 1.25. The maximum absolute atomic E-state index is 12.2. The molecule has 0 saturated heterocycles. The van der Waals surface area contributed by atoms with Crippen molar-refractivity contribution in [3.8, 4) is 16.9 Å². The minimum absolute atomic E-state index is 0.136. The molecule has 0 radical (unpaired) electrons. The van der Waals surface area contributed by atoms with Gasteiger partial charge in [-0.2, -0.15) is 0 Å². The molecule has 0 aliphatic heterocycles. The fourth-order valence-corrected chi connectivity index (χ4v) is 2.34. The molecular formula is C20H16O5. The van der Waals surface area contributed by atoms with Gasteiger partial charge in [0.25, 0.3) is 0 Å². The van der Waals surface area contributed by atoms with E-state index < -0.39 is 11.6 Å².